The molecule has 1 aliphatic heterocycles. The van der Waals surface area contributed by atoms with Crippen molar-refractivity contribution in [3.05, 3.63) is 28.8 Å². The van der Waals surface area contributed by atoms with Gasteiger partial charge in [0, 0.05) is 0 Å². The lowest BCUT2D eigenvalue weighted by atomic mass is 9.96. The van der Waals surface area contributed by atoms with E-state index in [9.17, 15) is 5.11 Å². The molecule has 0 radical (unpaired) electrons. The molecule has 1 aliphatic rings. The average Bonchev–Trinajstić information content (AvgIpc) is 2.29. The largest absolute Gasteiger partial charge is 0.493 e. The monoisotopic (exact) mass is 221 g/mol. The third kappa shape index (κ3) is 2.20. The number of benzene rings is 1. The van der Waals surface area contributed by atoms with Crippen LogP contribution >= 0.6 is 0 Å². The lowest BCUT2D eigenvalue weighted by molar-refractivity contribution is 0.170. The Labute approximate surface area is 96.2 Å². The minimum Gasteiger partial charge on any atom is -0.493 e. The number of aryl methyl sites for hydroxylation is 2. The summed E-state index contributed by atoms with van der Waals surface area (Å²) in [5.41, 5.74) is 8.76. The van der Waals surface area contributed by atoms with E-state index in [4.69, 9.17) is 10.5 Å². The highest BCUT2D eigenvalue weighted by molar-refractivity contribution is 5.45. The number of hydrogen-bond donors (Lipinski definition) is 2. The van der Waals surface area contributed by atoms with Crippen molar-refractivity contribution in [3.8, 4) is 5.75 Å². The standard InChI is InChI=1S/C13H19NO2/c1-9-7-11(12(15)4-5-14)8-10-3-2-6-16-13(9)10/h7-8,12,15H,2-6,14H2,1H3. The molecule has 1 aromatic carbocycles. The Balaban J connectivity index is 2.31. The molecule has 3 heteroatoms. The van der Waals surface area contributed by atoms with Crippen LogP contribution in [0, 0.1) is 6.92 Å². The molecule has 1 unspecified atom stereocenters. The molecular weight excluding hydrogens is 202 g/mol. The minimum absolute atomic E-state index is 0.448. The summed E-state index contributed by atoms with van der Waals surface area (Å²) >= 11 is 0. The van der Waals surface area contributed by atoms with E-state index in [0.717, 1.165) is 36.3 Å². The van der Waals surface area contributed by atoms with Gasteiger partial charge in [-0.25, -0.2) is 0 Å². The van der Waals surface area contributed by atoms with Gasteiger partial charge in [0.25, 0.3) is 0 Å². The molecule has 0 saturated carbocycles. The van der Waals surface area contributed by atoms with Crippen LogP contribution in [0.2, 0.25) is 0 Å². The molecule has 0 fully saturated rings. The van der Waals surface area contributed by atoms with Crippen molar-refractivity contribution in [1.29, 1.82) is 0 Å². The molecule has 0 saturated heterocycles. The van der Waals surface area contributed by atoms with E-state index in [1.807, 2.05) is 13.0 Å². The Morgan fingerprint density at radius 1 is 1.50 bits per heavy atom. The zero-order chi connectivity index (χ0) is 11.5. The van der Waals surface area contributed by atoms with Crippen LogP contribution in [0.3, 0.4) is 0 Å². The van der Waals surface area contributed by atoms with Crippen LogP contribution in [-0.4, -0.2) is 18.3 Å². The molecule has 1 atom stereocenters. The summed E-state index contributed by atoms with van der Waals surface area (Å²) in [6.45, 7) is 3.34. The lowest BCUT2D eigenvalue weighted by Gasteiger charge is -2.21. The third-order valence-corrected chi connectivity index (χ3v) is 3.04. The summed E-state index contributed by atoms with van der Waals surface area (Å²) < 4.78 is 5.64. The lowest BCUT2D eigenvalue weighted by Crippen LogP contribution is -2.12. The van der Waals surface area contributed by atoms with Crippen LogP contribution < -0.4 is 10.5 Å². The van der Waals surface area contributed by atoms with E-state index in [0.29, 0.717) is 13.0 Å². The van der Waals surface area contributed by atoms with Gasteiger partial charge in [-0.3, -0.25) is 0 Å². The molecule has 2 rings (SSSR count). The Morgan fingerprint density at radius 2 is 2.31 bits per heavy atom. The highest BCUT2D eigenvalue weighted by Gasteiger charge is 2.16. The van der Waals surface area contributed by atoms with E-state index in [2.05, 4.69) is 6.07 Å². The molecule has 0 amide bonds. The molecule has 3 nitrogen and oxygen atoms in total. The van der Waals surface area contributed by atoms with Gasteiger partial charge in [0.05, 0.1) is 12.7 Å². The molecule has 1 heterocycles. The Bertz CT molecular complexity index is 376. The molecular formula is C13H19NO2. The zero-order valence-electron chi connectivity index (χ0n) is 9.70. The van der Waals surface area contributed by atoms with Crippen molar-refractivity contribution in [1.82, 2.24) is 0 Å². The second-order valence-electron chi connectivity index (χ2n) is 4.37. The van der Waals surface area contributed by atoms with Gasteiger partial charge in [0.1, 0.15) is 5.75 Å². The van der Waals surface area contributed by atoms with Gasteiger partial charge in [0.2, 0.25) is 0 Å². The number of nitrogens with two attached hydrogens (primary N) is 1. The summed E-state index contributed by atoms with van der Waals surface area (Å²) in [4.78, 5) is 0. The fraction of sp³-hybridized carbons (Fsp3) is 0.538. The number of fused-ring (bicyclic) bond motifs is 1. The maximum Gasteiger partial charge on any atom is 0.125 e. The molecule has 0 aliphatic carbocycles. The zero-order valence-corrected chi connectivity index (χ0v) is 9.70. The first-order chi connectivity index (χ1) is 7.72. The van der Waals surface area contributed by atoms with E-state index in [1.54, 1.807) is 0 Å². The van der Waals surface area contributed by atoms with Crippen molar-refractivity contribution < 1.29 is 9.84 Å². The minimum atomic E-state index is -0.448. The van der Waals surface area contributed by atoms with Crippen LogP contribution in [0.4, 0.5) is 0 Å². The molecule has 0 aromatic heterocycles. The topological polar surface area (TPSA) is 55.5 Å². The molecule has 88 valence electrons. The fourth-order valence-electron chi connectivity index (χ4n) is 2.22. The first kappa shape index (κ1) is 11.4. The normalized spacial score (nSPS) is 16.4. The second-order valence-corrected chi connectivity index (χ2v) is 4.37. The van der Waals surface area contributed by atoms with Crippen LogP contribution in [0.1, 0.15) is 35.6 Å². The summed E-state index contributed by atoms with van der Waals surface area (Å²) in [6, 6.07) is 4.06. The summed E-state index contributed by atoms with van der Waals surface area (Å²) in [5, 5.41) is 9.93. The maximum atomic E-state index is 9.93. The number of ether oxygens (including phenoxy) is 1. The fourth-order valence-corrected chi connectivity index (χ4v) is 2.22. The predicted molar refractivity (Wildman–Crippen MR) is 63.6 cm³/mol. The quantitative estimate of drug-likeness (QED) is 0.817. The van der Waals surface area contributed by atoms with Gasteiger partial charge < -0.3 is 15.6 Å². The van der Waals surface area contributed by atoms with Crippen molar-refractivity contribution in [2.45, 2.75) is 32.3 Å². The molecule has 0 spiro atoms. The van der Waals surface area contributed by atoms with Gasteiger partial charge in [-0.2, -0.15) is 0 Å². The van der Waals surface area contributed by atoms with Gasteiger partial charge >= 0.3 is 0 Å². The SMILES string of the molecule is Cc1cc(C(O)CCN)cc2c1OCCC2. The molecule has 3 N–H and O–H groups in total. The van der Waals surface area contributed by atoms with Crippen LogP contribution in [0.15, 0.2) is 12.1 Å². The summed E-state index contributed by atoms with van der Waals surface area (Å²) in [5.74, 6) is 1.01. The molecule has 1 aromatic rings. The molecule has 0 bridgehead atoms. The van der Waals surface area contributed by atoms with Crippen molar-refractivity contribution in [2.24, 2.45) is 5.73 Å². The highest BCUT2D eigenvalue weighted by atomic mass is 16.5. The first-order valence-electron chi connectivity index (χ1n) is 5.86. The number of aliphatic hydroxyl groups excluding tert-OH is 1. The van der Waals surface area contributed by atoms with Crippen molar-refractivity contribution in [2.75, 3.05) is 13.2 Å². The second kappa shape index (κ2) is 4.85. The first-order valence-corrected chi connectivity index (χ1v) is 5.86. The van der Waals surface area contributed by atoms with Crippen LogP contribution in [0.5, 0.6) is 5.75 Å². The number of aliphatic hydroxyl groups is 1. The van der Waals surface area contributed by atoms with Gasteiger partial charge in [-0.05, 0) is 61.6 Å². The third-order valence-electron chi connectivity index (χ3n) is 3.04. The maximum absolute atomic E-state index is 9.93. The van der Waals surface area contributed by atoms with E-state index in [-0.39, 0.29) is 0 Å². The summed E-state index contributed by atoms with van der Waals surface area (Å²) in [7, 11) is 0. The van der Waals surface area contributed by atoms with E-state index >= 15 is 0 Å². The van der Waals surface area contributed by atoms with Gasteiger partial charge in [-0.1, -0.05) is 0 Å². The number of rotatable bonds is 3. The van der Waals surface area contributed by atoms with Crippen LogP contribution in [0.25, 0.3) is 0 Å². The average molecular weight is 221 g/mol. The molecule has 16 heavy (non-hydrogen) atoms. The predicted octanol–water partition coefficient (Wildman–Crippen LogP) is 1.70. The Kier molecular flexibility index (Phi) is 3.46. The van der Waals surface area contributed by atoms with Crippen molar-refractivity contribution >= 4 is 0 Å². The number of hydrogen-bond acceptors (Lipinski definition) is 3. The van der Waals surface area contributed by atoms with Gasteiger partial charge in [-0.15, -0.1) is 0 Å². The Hall–Kier alpha value is -1.06. The smallest absolute Gasteiger partial charge is 0.125 e. The summed E-state index contributed by atoms with van der Waals surface area (Å²) in [6.07, 6.45) is 2.26. The Morgan fingerprint density at radius 3 is 3.06 bits per heavy atom. The highest BCUT2D eigenvalue weighted by Crippen LogP contribution is 2.32. The van der Waals surface area contributed by atoms with E-state index in [1.165, 1.54) is 5.56 Å². The van der Waals surface area contributed by atoms with Crippen molar-refractivity contribution in [3.63, 3.8) is 0 Å². The van der Waals surface area contributed by atoms with Crippen LogP contribution in [-0.2, 0) is 6.42 Å². The van der Waals surface area contributed by atoms with E-state index < -0.39 is 6.10 Å². The van der Waals surface area contributed by atoms with Gasteiger partial charge in [0.15, 0.2) is 0 Å².